The molecule has 0 radical (unpaired) electrons. The molecule has 18 heteroatoms. The minimum atomic E-state index is -4.57. The van der Waals surface area contributed by atoms with Gasteiger partial charge >= 0.3 is 18.4 Å². The zero-order valence-corrected chi connectivity index (χ0v) is 37.4. The van der Waals surface area contributed by atoms with Gasteiger partial charge in [0.05, 0.1) is 17.6 Å². The quantitative estimate of drug-likeness (QED) is 0.119. The van der Waals surface area contributed by atoms with E-state index in [1.807, 2.05) is 4.90 Å². The van der Waals surface area contributed by atoms with Gasteiger partial charge in [-0.1, -0.05) is 90.1 Å². The standard InChI is InChI=1S/C47H58F3N7O8/c1-43(2,3)35(53-41(62)63)37(58)55-25-7-23-45(55,39(51)60)29-13-9-27(10-14-29)33-21-22-34(57(33)32-19-17-31(18-20-32)47(48,49)50)28-11-15-30(16-12-28)46(40(52)61)24-8-26-56(46)38(59)36(44(4,5)6)54-42(64)65/h9-20,33-36,53-54H,7-8,21-26H2,1-6H3,(H2,51,60)(H2,52,61)(H,62,63)(H,64,65)/t33-,34-,35-,36-,45+,46+/m1/s1. The van der Waals surface area contributed by atoms with Gasteiger partial charge in [-0.2, -0.15) is 13.2 Å². The number of carboxylic acid groups (broad SMARTS) is 2. The van der Waals surface area contributed by atoms with Crippen molar-refractivity contribution in [1.82, 2.24) is 20.4 Å². The predicted molar refractivity (Wildman–Crippen MR) is 234 cm³/mol. The van der Waals surface area contributed by atoms with E-state index >= 15 is 0 Å². The van der Waals surface area contributed by atoms with Crippen LogP contribution in [0.15, 0.2) is 72.8 Å². The Bertz CT molecular complexity index is 2180. The summed E-state index contributed by atoms with van der Waals surface area (Å²) < 4.78 is 41.3. The second-order valence-corrected chi connectivity index (χ2v) is 19.4. The molecule has 0 aliphatic carbocycles. The molecule has 6 amide bonds. The van der Waals surface area contributed by atoms with Gasteiger partial charge in [-0.3, -0.25) is 19.2 Å². The van der Waals surface area contributed by atoms with Crippen molar-refractivity contribution < 1.29 is 52.2 Å². The third-order valence-electron chi connectivity index (χ3n) is 13.3. The Morgan fingerprint density at radius 2 is 0.969 bits per heavy atom. The lowest BCUT2D eigenvalue weighted by Gasteiger charge is -2.41. The average Bonchev–Trinajstić information content (AvgIpc) is 3.99. The molecule has 3 heterocycles. The second kappa shape index (κ2) is 17.6. The summed E-state index contributed by atoms with van der Waals surface area (Å²) in [5.41, 5.74) is 9.45. The maximum Gasteiger partial charge on any atom is 0.416 e. The number of carbonyl (C=O) groups excluding carboxylic acids is 4. The topological polar surface area (TPSA) is 229 Å². The minimum Gasteiger partial charge on any atom is -0.465 e. The van der Waals surface area contributed by atoms with Crippen LogP contribution in [0, 0.1) is 10.8 Å². The third-order valence-corrected chi connectivity index (χ3v) is 13.3. The Hall–Kier alpha value is -6.33. The van der Waals surface area contributed by atoms with E-state index in [4.69, 9.17) is 11.5 Å². The molecule has 3 aromatic carbocycles. The second-order valence-electron chi connectivity index (χ2n) is 19.4. The Morgan fingerprint density at radius 1 is 0.615 bits per heavy atom. The smallest absolute Gasteiger partial charge is 0.416 e. The highest BCUT2D eigenvalue weighted by atomic mass is 19.4. The van der Waals surface area contributed by atoms with E-state index in [0.717, 1.165) is 23.3 Å². The molecule has 3 aliphatic heterocycles. The number of nitrogens with one attached hydrogen (secondary N) is 2. The van der Waals surface area contributed by atoms with Crippen molar-refractivity contribution in [3.63, 3.8) is 0 Å². The molecule has 65 heavy (non-hydrogen) atoms. The number of alkyl halides is 3. The van der Waals surface area contributed by atoms with Crippen molar-refractivity contribution in [3.8, 4) is 0 Å². The lowest BCUT2D eigenvalue weighted by molar-refractivity contribution is -0.147. The molecule has 3 saturated heterocycles. The Balaban J connectivity index is 1.36. The van der Waals surface area contributed by atoms with Crippen molar-refractivity contribution in [1.29, 1.82) is 0 Å². The van der Waals surface area contributed by atoms with Crippen molar-refractivity contribution in [2.45, 2.75) is 121 Å². The van der Waals surface area contributed by atoms with Crippen LogP contribution in [-0.2, 0) is 36.4 Å². The molecule has 0 saturated carbocycles. The molecule has 0 aromatic heterocycles. The van der Waals surface area contributed by atoms with E-state index in [2.05, 4.69) is 10.6 Å². The van der Waals surface area contributed by atoms with Crippen LogP contribution in [-0.4, -0.2) is 81.0 Å². The first-order valence-electron chi connectivity index (χ1n) is 21.6. The summed E-state index contributed by atoms with van der Waals surface area (Å²) in [6, 6.07) is 15.8. The van der Waals surface area contributed by atoms with Gasteiger partial charge in [-0.15, -0.1) is 0 Å². The monoisotopic (exact) mass is 905 g/mol. The lowest BCUT2D eigenvalue weighted by Crippen LogP contribution is -2.61. The SMILES string of the molecule is CC(C)(C)[C@H](NC(=O)O)C(=O)N1CCC[C@@]1(C(N)=O)c1ccc([C@H]2CC[C@H](c3ccc([C@]4(C(N)=O)CCCN4C(=O)[C@@H](NC(=O)O)C(C)(C)C)cc3)N2c2ccc(C(F)(F)F)cc2)cc1. The molecule has 3 fully saturated rings. The number of halogens is 3. The Kier molecular flexibility index (Phi) is 13.0. The molecule has 8 N–H and O–H groups in total. The molecule has 350 valence electrons. The number of carbonyl (C=O) groups is 6. The number of anilines is 1. The number of nitrogens with two attached hydrogens (primary N) is 2. The van der Waals surface area contributed by atoms with E-state index in [9.17, 15) is 52.2 Å². The van der Waals surface area contributed by atoms with Crippen LogP contribution in [0.25, 0.3) is 0 Å². The number of likely N-dealkylation sites (tertiary alicyclic amines) is 2. The molecular weight excluding hydrogens is 848 g/mol. The lowest BCUT2D eigenvalue weighted by atomic mass is 9.82. The molecule has 6 atom stereocenters. The fourth-order valence-electron chi connectivity index (χ4n) is 10.1. The number of hydrogen-bond acceptors (Lipinski definition) is 7. The molecule has 0 bridgehead atoms. The Labute approximate surface area is 375 Å². The van der Waals surface area contributed by atoms with Gasteiger partial charge in [-0.05, 0) is 95.9 Å². The molecular formula is C47H58F3N7O8. The third kappa shape index (κ3) is 9.03. The van der Waals surface area contributed by atoms with E-state index in [-0.39, 0.29) is 25.9 Å². The molecule has 0 spiro atoms. The zero-order chi connectivity index (χ0) is 48.0. The predicted octanol–water partition coefficient (Wildman–Crippen LogP) is 6.76. The van der Waals surface area contributed by atoms with Gasteiger partial charge in [0.15, 0.2) is 0 Å². The van der Waals surface area contributed by atoms with Crippen LogP contribution in [0.5, 0.6) is 0 Å². The van der Waals surface area contributed by atoms with Gasteiger partial charge in [0.25, 0.3) is 0 Å². The molecule has 15 nitrogen and oxygen atoms in total. The molecule has 6 rings (SSSR count). The first kappa shape index (κ1) is 48.1. The van der Waals surface area contributed by atoms with Crippen LogP contribution in [0.1, 0.15) is 120 Å². The summed E-state index contributed by atoms with van der Waals surface area (Å²) in [6.45, 7) is 10.6. The van der Waals surface area contributed by atoms with E-state index in [1.54, 1.807) is 90.1 Å². The molecule has 3 aliphatic rings. The number of hydrogen-bond donors (Lipinski definition) is 6. The van der Waals surface area contributed by atoms with Gasteiger partial charge in [0, 0.05) is 18.8 Å². The fraction of sp³-hybridized carbons (Fsp3) is 0.489. The van der Waals surface area contributed by atoms with Crippen molar-refractivity contribution >= 4 is 41.5 Å². The van der Waals surface area contributed by atoms with Gasteiger partial charge in [-0.25, -0.2) is 9.59 Å². The van der Waals surface area contributed by atoms with Gasteiger partial charge < -0.3 is 47.0 Å². The van der Waals surface area contributed by atoms with Crippen molar-refractivity contribution in [3.05, 3.63) is 101 Å². The van der Waals surface area contributed by atoms with Crippen molar-refractivity contribution in [2.24, 2.45) is 22.3 Å². The summed E-state index contributed by atoms with van der Waals surface area (Å²) in [7, 11) is 0. The highest BCUT2D eigenvalue weighted by Gasteiger charge is 2.54. The van der Waals surface area contributed by atoms with Gasteiger partial charge in [0.1, 0.15) is 23.2 Å². The van der Waals surface area contributed by atoms with Crippen LogP contribution in [0.4, 0.5) is 28.4 Å². The number of primary amides is 2. The summed E-state index contributed by atoms with van der Waals surface area (Å²) >= 11 is 0. The number of amides is 6. The minimum absolute atomic E-state index is 0.163. The largest absolute Gasteiger partial charge is 0.465 e. The van der Waals surface area contributed by atoms with E-state index < -0.39 is 93.6 Å². The van der Waals surface area contributed by atoms with Gasteiger partial charge in [0.2, 0.25) is 23.6 Å². The Morgan fingerprint density at radius 3 is 1.26 bits per heavy atom. The summed E-state index contributed by atoms with van der Waals surface area (Å²) in [6.07, 6.45) is -4.99. The first-order chi connectivity index (χ1) is 30.2. The molecule has 3 aromatic rings. The first-order valence-corrected chi connectivity index (χ1v) is 21.6. The summed E-state index contributed by atoms with van der Waals surface area (Å²) in [4.78, 5) is 83.4. The maximum atomic E-state index is 14.1. The number of benzene rings is 3. The number of nitrogens with zero attached hydrogens (tertiary/aromatic N) is 3. The zero-order valence-electron chi connectivity index (χ0n) is 37.4. The normalized spacial score (nSPS) is 23.5. The fourth-order valence-corrected chi connectivity index (χ4v) is 10.1. The van der Waals surface area contributed by atoms with Crippen LogP contribution < -0.4 is 27.0 Å². The number of rotatable bonds is 11. The van der Waals surface area contributed by atoms with Crippen LogP contribution >= 0.6 is 0 Å². The average molecular weight is 906 g/mol. The van der Waals surface area contributed by atoms with Crippen LogP contribution in [0.2, 0.25) is 0 Å². The van der Waals surface area contributed by atoms with E-state index in [0.29, 0.717) is 42.5 Å². The van der Waals surface area contributed by atoms with Crippen LogP contribution in [0.3, 0.4) is 0 Å². The summed E-state index contributed by atoms with van der Waals surface area (Å²) in [5.74, 6) is -2.72. The van der Waals surface area contributed by atoms with E-state index in [1.165, 1.54) is 21.9 Å². The van der Waals surface area contributed by atoms with Crippen molar-refractivity contribution in [2.75, 3.05) is 18.0 Å². The highest BCUT2D eigenvalue weighted by molar-refractivity contribution is 5.96. The highest BCUT2D eigenvalue weighted by Crippen LogP contribution is 2.49. The maximum absolute atomic E-state index is 14.1. The summed E-state index contributed by atoms with van der Waals surface area (Å²) in [5, 5.41) is 23.8. The molecule has 0 unspecified atom stereocenters.